The summed E-state index contributed by atoms with van der Waals surface area (Å²) in [6.07, 6.45) is 1.97. The van der Waals surface area contributed by atoms with Gasteiger partial charge in [-0.05, 0) is 6.92 Å². The maximum atomic E-state index is 3.73. The molecule has 1 unspecified atom stereocenters. The molecule has 0 aromatic carbocycles. The number of rotatable bonds is 2. The Balaban J connectivity index is 2.32. The molecule has 2 heteroatoms. The molecule has 1 aliphatic rings. The third kappa shape index (κ3) is 1.82. The van der Waals surface area contributed by atoms with Gasteiger partial charge >= 0.3 is 0 Å². The topological polar surface area (TPSA) is 15.3 Å². The third-order valence-electron chi connectivity index (χ3n) is 2.00. The molecule has 1 N–H and O–H groups in total. The van der Waals surface area contributed by atoms with Crippen LogP contribution >= 0.6 is 0 Å². The number of hydrogen-bond acceptors (Lipinski definition) is 2. The molecule has 0 saturated carbocycles. The largest absolute Gasteiger partial charge is 0.314 e. The van der Waals surface area contributed by atoms with E-state index in [9.17, 15) is 0 Å². The molecule has 2 nitrogen and oxygen atoms in total. The molecule has 0 aliphatic carbocycles. The quantitative estimate of drug-likeness (QED) is 0.561. The van der Waals surface area contributed by atoms with Crippen LogP contribution in [0.15, 0.2) is 12.7 Å². The highest BCUT2D eigenvalue weighted by atomic mass is 15.2. The summed E-state index contributed by atoms with van der Waals surface area (Å²) in [6.45, 7) is 10.4. The third-order valence-corrected chi connectivity index (χ3v) is 2.00. The first-order valence-electron chi connectivity index (χ1n) is 3.90. The molecule has 0 aromatic heterocycles. The molecule has 0 spiro atoms. The molecule has 0 radical (unpaired) electrons. The van der Waals surface area contributed by atoms with E-state index >= 15 is 0 Å². The van der Waals surface area contributed by atoms with Gasteiger partial charge in [0.25, 0.3) is 0 Å². The Hall–Kier alpha value is -0.340. The fourth-order valence-corrected chi connectivity index (χ4v) is 1.32. The van der Waals surface area contributed by atoms with Crippen molar-refractivity contribution in [1.82, 2.24) is 10.2 Å². The fourth-order valence-electron chi connectivity index (χ4n) is 1.32. The zero-order chi connectivity index (χ0) is 7.40. The molecule has 1 rings (SSSR count). The molecule has 0 bridgehead atoms. The van der Waals surface area contributed by atoms with Crippen LogP contribution in [0.4, 0.5) is 0 Å². The molecule has 0 aromatic rings. The predicted octanol–water partition coefficient (Wildman–Crippen LogP) is 0.466. The van der Waals surface area contributed by atoms with Crippen molar-refractivity contribution < 1.29 is 0 Å². The van der Waals surface area contributed by atoms with Gasteiger partial charge in [-0.3, -0.25) is 4.90 Å². The first-order valence-corrected chi connectivity index (χ1v) is 3.90. The van der Waals surface area contributed by atoms with Gasteiger partial charge in [0.05, 0.1) is 0 Å². The highest BCUT2D eigenvalue weighted by molar-refractivity contribution is 4.81. The van der Waals surface area contributed by atoms with Crippen molar-refractivity contribution in [2.24, 2.45) is 0 Å². The first kappa shape index (κ1) is 7.76. The molecule has 1 atom stereocenters. The van der Waals surface area contributed by atoms with E-state index in [4.69, 9.17) is 0 Å². The lowest BCUT2D eigenvalue weighted by Gasteiger charge is -2.32. The van der Waals surface area contributed by atoms with Crippen molar-refractivity contribution in [1.29, 1.82) is 0 Å². The van der Waals surface area contributed by atoms with E-state index < -0.39 is 0 Å². The Kier molecular flexibility index (Phi) is 2.90. The van der Waals surface area contributed by atoms with Crippen molar-refractivity contribution in [3.05, 3.63) is 12.7 Å². The van der Waals surface area contributed by atoms with Crippen molar-refractivity contribution in [3.63, 3.8) is 0 Å². The maximum Gasteiger partial charge on any atom is 0.0196 e. The van der Waals surface area contributed by atoms with E-state index in [0.29, 0.717) is 6.04 Å². The standard InChI is InChI=1S/C8H16N2/c1-3-5-10-6-4-9-7-8(10)2/h3,8-9H,1,4-7H2,2H3. The lowest BCUT2D eigenvalue weighted by atomic mass is 10.2. The summed E-state index contributed by atoms with van der Waals surface area (Å²) in [5.41, 5.74) is 0. The second-order valence-electron chi connectivity index (χ2n) is 2.84. The lowest BCUT2D eigenvalue weighted by Crippen LogP contribution is -2.49. The molecule has 58 valence electrons. The minimum absolute atomic E-state index is 0.673. The van der Waals surface area contributed by atoms with E-state index in [1.807, 2.05) is 6.08 Å². The minimum atomic E-state index is 0.673. The maximum absolute atomic E-state index is 3.73. The lowest BCUT2D eigenvalue weighted by molar-refractivity contribution is 0.193. The molecule has 0 amide bonds. The van der Waals surface area contributed by atoms with Crippen LogP contribution in [0.2, 0.25) is 0 Å². The van der Waals surface area contributed by atoms with E-state index in [1.165, 1.54) is 0 Å². The summed E-state index contributed by atoms with van der Waals surface area (Å²) in [5, 5.41) is 3.35. The molecule has 10 heavy (non-hydrogen) atoms. The van der Waals surface area contributed by atoms with Crippen LogP contribution < -0.4 is 5.32 Å². The van der Waals surface area contributed by atoms with Crippen LogP contribution in [0.25, 0.3) is 0 Å². The normalized spacial score (nSPS) is 28.3. The monoisotopic (exact) mass is 140 g/mol. The summed E-state index contributed by atoms with van der Waals surface area (Å²) < 4.78 is 0. The van der Waals surface area contributed by atoms with E-state index in [0.717, 1.165) is 26.2 Å². The van der Waals surface area contributed by atoms with Gasteiger partial charge in [-0.25, -0.2) is 0 Å². The number of hydrogen-bond donors (Lipinski definition) is 1. The second kappa shape index (κ2) is 3.74. The van der Waals surface area contributed by atoms with Gasteiger partial charge in [0, 0.05) is 32.2 Å². The Morgan fingerprint density at radius 3 is 3.20 bits per heavy atom. The smallest absolute Gasteiger partial charge is 0.0196 e. The average Bonchev–Trinajstić information content (AvgIpc) is 1.94. The molecule has 1 fully saturated rings. The minimum Gasteiger partial charge on any atom is -0.314 e. The van der Waals surface area contributed by atoms with Gasteiger partial charge < -0.3 is 5.32 Å². The van der Waals surface area contributed by atoms with E-state index in [-0.39, 0.29) is 0 Å². The van der Waals surface area contributed by atoms with Crippen LogP contribution in [0, 0.1) is 0 Å². The Bertz CT molecular complexity index is 112. The van der Waals surface area contributed by atoms with Crippen LogP contribution in [0.3, 0.4) is 0 Å². The van der Waals surface area contributed by atoms with Crippen molar-refractivity contribution in [2.45, 2.75) is 13.0 Å². The van der Waals surface area contributed by atoms with Gasteiger partial charge in [-0.2, -0.15) is 0 Å². The van der Waals surface area contributed by atoms with Gasteiger partial charge in [-0.1, -0.05) is 6.08 Å². The zero-order valence-electron chi connectivity index (χ0n) is 6.64. The average molecular weight is 140 g/mol. The molecule has 1 saturated heterocycles. The Labute approximate surface area is 62.9 Å². The van der Waals surface area contributed by atoms with E-state index in [1.54, 1.807) is 0 Å². The number of nitrogens with one attached hydrogen (secondary N) is 1. The van der Waals surface area contributed by atoms with Crippen molar-refractivity contribution in [2.75, 3.05) is 26.2 Å². The molecular weight excluding hydrogens is 124 g/mol. The highest BCUT2D eigenvalue weighted by Gasteiger charge is 2.15. The Morgan fingerprint density at radius 2 is 2.60 bits per heavy atom. The van der Waals surface area contributed by atoms with Gasteiger partial charge in [0.1, 0.15) is 0 Å². The number of piperazine rings is 1. The summed E-state index contributed by atoms with van der Waals surface area (Å²) in [6, 6.07) is 0.673. The van der Waals surface area contributed by atoms with Crippen LogP contribution in [0.1, 0.15) is 6.92 Å². The first-order chi connectivity index (χ1) is 4.84. The summed E-state index contributed by atoms with van der Waals surface area (Å²) in [5.74, 6) is 0. The van der Waals surface area contributed by atoms with Crippen molar-refractivity contribution in [3.8, 4) is 0 Å². The fraction of sp³-hybridized carbons (Fsp3) is 0.750. The summed E-state index contributed by atoms with van der Waals surface area (Å²) in [4.78, 5) is 2.43. The Morgan fingerprint density at radius 1 is 1.80 bits per heavy atom. The molecule has 1 heterocycles. The van der Waals surface area contributed by atoms with Crippen LogP contribution in [-0.4, -0.2) is 37.1 Å². The second-order valence-corrected chi connectivity index (χ2v) is 2.84. The highest BCUT2D eigenvalue weighted by Crippen LogP contribution is 2.00. The molecular formula is C8H16N2. The van der Waals surface area contributed by atoms with E-state index in [2.05, 4.69) is 23.7 Å². The molecule has 1 aliphatic heterocycles. The van der Waals surface area contributed by atoms with Gasteiger partial charge in [-0.15, -0.1) is 6.58 Å². The van der Waals surface area contributed by atoms with Gasteiger partial charge in [0.2, 0.25) is 0 Å². The summed E-state index contributed by atoms with van der Waals surface area (Å²) in [7, 11) is 0. The number of nitrogens with zero attached hydrogens (tertiary/aromatic N) is 1. The van der Waals surface area contributed by atoms with Gasteiger partial charge in [0.15, 0.2) is 0 Å². The summed E-state index contributed by atoms with van der Waals surface area (Å²) >= 11 is 0. The van der Waals surface area contributed by atoms with Crippen LogP contribution in [0.5, 0.6) is 0 Å². The van der Waals surface area contributed by atoms with Crippen LogP contribution in [-0.2, 0) is 0 Å². The SMILES string of the molecule is C=CCN1CCNCC1C. The zero-order valence-corrected chi connectivity index (χ0v) is 6.64. The predicted molar refractivity (Wildman–Crippen MR) is 44.1 cm³/mol. The van der Waals surface area contributed by atoms with Crippen molar-refractivity contribution >= 4 is 0 Å².